The van der Waals surface area contributed by atoms with Gasteiger partial charge in [0.2, 0.25) is 0 Å². The van der Waals surface area contributed by atoms with Crippen molar-refractivity contribution in [1.29, 1.82) is 0 Å². The van der Waals surface area contributed by atoms with E-state index in [9.17, 15) is 9.18 Å². The summed E-state index contributed by atoms with van der Waals surface area (Å²) in [6.45, 7) is 4.60. The Hall–Kier alpha value is -2.57. The van der Waals surface area contributed by atoms with Crippen LogP contribution < -0.4 is 10.7 Å². The smallest absolute Gasteiger partial charge is 0.395 e. The lowest BCUT2D eigenvalue weighted by molar-refractivity contribution is 0.254. The number of hydrogen-bond acceptors (Lipinski definition) is 5. The highest BCUT2D eigenvalue weighted by Crippen LogP contribution is 2.24. The summed E-state index contributed by atoms with van der Waals surface area (Å²) in [7, 11) is 0. The van der Waals surface area contributed by atoms with E-state index in [0.717, 1.165) is 32.7 Å². The van der Waals surface area contributed by atoms with Crippen LogP contribution in [0.4, 0.5) is 10.1 Å². The van der Waals surface area contributed by atoms with Crippen molar-refractivity contribution in [2.24, 2.45) is 0 Å². The van der Waals surface area contributed by atoms with Gasteiger partial charge in [0.05, 0.1) is 0 Å². The number of piperazine rings is 1. The molecule has 2 heterocycles. The summed E-state index contributed by atoms with van der Waals surface area (Å²) >= 11 is 0. The molecule has 0 amide bonds. The largest absolute Gasteiger partial charge is 0.519 e. The molecule has 148 valence electrons. The van der Waals surface area contributed by atoms with Crippen molar-refractivity contribution in [2.45, 2.75) is 6.42 Å². The summed E-state index contributed by atoms with van der Waals surface area (Å²) in [6, 6.07) is 16.3. The van der Waals surface area contributed by atoms with E-state index in [2.05, 4.69) is 34.1 Å². The highest BCUT2D eigenvalue weighted by Gasteiger charge is 2.20. The van der Waals surface area contributed by atoms with Gasteiger partial charge in [0, 0.05) is 50.4 Å². The topological polar surface area (TPSA) is 49.8 Å². The Morgan fingerprint density at radius 3 is 2.25 bits per heavy atom. The summed E-state index contributed by atoms with van der Waals surface area (Å²) in [5.41, 5.74) is 1.89. The Morgan fingerprint density at radius 1 is 0.893 bits per heavy atom. The predicted octanol–water partition coefficient (Wildman–Crippen LogP) is 3.83. The van der Waals surface area contributed by atoms with Crippen LogP contribution in [0.1, 0.15) is 5.76 Å². The SMILES string of the molecule is Cl.O=c1oc(CCN2CCN(c3ccccc3)CC2)c(-c2ccc(F)cc2)o1. The minimum atomic E-state index is -0.724. The van der Waals surface area contributed by atoms with Crippen LogP contribution in [0.3, 0.4) is 0 Å². The van der Waals surface area contributed by atoms with Gasteiger partial charge in [-0.25, -0.2) is 9.18 Å². The molecule has 4 rings (SSSR count). The molecule has 1 aromatic heterocycles. The average Bonchev–Trinajstić information content (AvgIpc) is 3.08. The van der Waals surface area contributed by atoms with E-state index < -0.39 is 5.82 Å². The fraction of sp³-hybridized carbons (Fsp3) is 0.286. The van der Waals surface area contributed by atoms with Crippen LogP contribution >= 0.6 is 12.4 Å². The van der Waals surface area contributed by atoms with E-state index in [1.54, 1.807) is 12.1 Å². The highest BCUT2D eigenvalue weighted by molar-refractivity contribution is 5.85. The molecule has 0 radical (unpaired) electrons. The Kier molecular flexibility index (Phi) is 6.54. The van der Waals surface area contributed by atoms with Gasteiger partial charge < -0.3 is 13.7 Å². The van der Waals surface area contributed by atoms with Crippen LogP contribution in [0.15, 0.2) is 68.2 Å². The second-order valence-corrected chi connectivity index (χ2v) is 6.63. The van der Waals surface area contributed by atoms with Crippen LogP contribution in [0.5, 0.6) is 0 Å². The first-order valence-corrected chi connectivity index (χ1v) is 9.10. The number of para-hydroxylation sites is 1. The van der Waals surface area contributed by atoms with Gasteiger partial charge in [0.15, 0.2) is 11.5 Å². The van der Waals surface area contributed by atoms with Crippen molar-refractivity contribution in [3.8, 4) is 11.3 Å². The van der Waals surface area contributed by atoms with Crippen LogP contribution in [-0.2, 0) is 6.42 Å². The van der Waals surface area contributed by atoms with Gasteiger partial charge in [0.1, 0.15) is 5.82 Å². The van der Waals surface area contributed by atoms with Crippen molar-refractivity contribution in [3.05, 3.63) is 76.8 Å². The molecule has 1 aliphatic rings. The Bertz CT molecular complexity index is 932. The average molecular weight is 405 g/mol. The van der Waals surface area contributed by atoms with Gasteiger partial charge in [-0.15, -0.1) is 12.4 Å². The summed E-state index contributed by atoms with van der Waals surface area (Å²) in [5, 5.41) is 0. The van der Waals surface area contributed by atoms with E-state index in [0.29, 0.717) is 23.5 Å². The minimum Gasteiger partial charge on any atom is -0.395 e. The maximum Gasteiger partial charge on any atom is 0.519 e. The molecule has 1 saturated heterocycles. The quantitative estimate of drug-likeness (QED) is 0.647. The van der Waals surface area contributed by atoms with E-state index in [1.165, 1.54) is 17.8 Å². The van der Waals surface area contributed by atoms with E-state index in [-0.39, 0.29) is 18.2 Å². The number of nitrogens with zero attached hydrogens (tertiary/aromatic N) is 2. The molecule has 0 atom stereocenters. The molecule has 1 aliphatic heterocycles. The van der Waals surface area contributed by atoms with Crippen LogP contribution in [0.25, 0.3) is 11.3 Å². The van der Waals surface area contributed by atoms with Crippen molar-refractivity contribution in [1.82, 2.24) is 4.90 Å². The maximum atomic E-state index is 13.1. The molecule has 5 nitrogen and oxygen atoms in total. The molecule has 0 unspecified atom stereocenters. The molecule has 3 aromatic rings. The molecule has 1 fully saturated rings. The Labute approximate surface area is 168 Å². The first kappa shape index (κ1) is 20.2. The monoisotopic (exact) mass is 404 g/mol. The molecule has 0 saturated carbocycles. The molecule has 0 aliphatic carbocycles. The first-order valence-electron chi connectivity index (χ1n) is 9.10. The van der Waals surface area contributed by atoms with Gasteiger partial charge in [-0.05, 0) is 36.4 Å². The molecule has 0 N–H and O–H groups in total. The predicted molar refractivity (Wildman–Crippen MR) is 109 cm³/mol. The lowest BCUT2D eigenvalue weighted by atomic mass is 10.1. The number of hydrogen-bond donors (Lipinski definition) is 0. The number of rotatable bonds is 5. The van der Waals surface area contributed by atoms with Gasteiger partial charge in [-0.2, -0.15) is 0 Å². The summed E-state index contributed by atoms with van der Waals surface area (Å²) < 4.78 is 23.5. The summed E-state index contributed by atoms with van der Waals surface area (Å²) in [4.78, 5) is 16.3. The molecule has 28 heavy (non-hydrogen) atoms. The van der Waals surface area contributed by atoms with Crippen LogP contribution in [0, 0.1) is 5.82 Å². The second-order valence-electron chi connectivity index (χ2n) is 6.63. The fourth-order valence-electron chi connectivity index (χ4n) is 3.42. The first-order chi connectivity index (χ1) is 13.2. The Morgan fingerprint density at radius 2 is 1.57 bits per heavy atom. The Balaban J connectivity index is 0.00000225. The van der Waals surface area contributed by atoms with E-state index in [1.807, 2.05) is 6.07 Å². The summed E-state index contributed by atoms with van der Waals surface area (Å²) in [6.07, 6.45) is 0.573. The normalized spacial score (nSPS) is 14.7. The molecule has 0 spiro atoms. The third-order valence-corrected chi connectivity index (χ3v) is 4.90. The fourth-order valence-corrected chi connectivity index (χ4v) is 3.42. The third-order valence-electron chi connectivity index (χ3n) is 4.90. The van der Waals surface area contributed by atoms with Crippen molar-refractivity contribution in [3.63, 3.8) is 0 Å². The zero-order valence-electron chi connectivity index (χ0n) is 15.3. The van der Waals surface area contributed by atoms with Gasteiger partial charge in [-0.3, -0.25) is 4.90 Å². The zero-order chi connectivity index (χ0) is 18.6. The number of halogens is 2. The van der Waals surface area contributed by atoms with Crippen molar-refractivity contribution >= 4 is 18.1 Å². The van der Waals surface area contributed by atoms with Crippen molar-refractivity contribution in [2.75, 3.05) is 37.6 Å². The van der Waals surface area contributed by atoms with Gasteiger partial charge >= 0.3 is 5.82 Å². The van der Waals surface area contributed by atoms with Crippen molar-refractivity contribution < 1.29 is 13.2 Å². The third kappa shape index (κ3) is 4.64. The highest BCUT2D eigenvalue weighted by atomic mass is 35.5. The minimum absolute atomic E-state index is 0. The van der Waals surface area contributed by atoms with E-state index in [4.69, 9.17) is 8.83 Å². The summed E-state index contributed by atoms with van der Waals surface area (Å²) in [5.74, 6) is -0.152. The lowest BCUT2D eigenvalue weighted by Crippen LogP contribution is -2.47. The van der Waals surface area contributed by atoms with Crippen LogP contribution in [0.2, 0.25) is 0 Å². The molecule has 2 aromatic carbocycles. The van der Waals surface area contributed by atoms with Gasteiger partial charge in [-0.1, -0.05) is 18.2 Å². The van der Waals surface area contributed by atoms with Crippen LogP contribution in [-0.4, -0.2) is 37.6 Å². The number of benzene rings is 2. The maximum absolute atomic E-state index is 13.1. The second kappa shape index (κ2) is 9.08. The lowest BCUT2D eigenvalue weighted by Gasteiger charge is -2.36. The molecule has 0 bridgehead atoms. The molecular formula is C21H22ClFN2O3. The standard InChI is InChI=1S/C21H21FN2O3.ClH/c22-17-8-6-16(7-9-17)20-19(26-21(25)27-20)10-11-23-12-14-24(15-13-23)18-4-2-1-3-5-18;/h1-9H,10-15H2;1H. The van der Waals surface area contributed by atoms with E-state index >= 15 is 0 Å². The molecule has 7 heteroatoms. The molecular weight excluding hydrogens is 383 g/mol. The zero-order valence-corrected chi connectivity index (χ0v) is 16.2. The van der Waals surface area contributed by atoms with Gasteiger partial charge in [0.25, 0.3) is 0 Å². The number of anilines is 1.